The largest absolute Gasteiger partial charge is 0.313 e. The van der Waals surface area contributed by atoms with Crippen molar-refractivity contribution in [3.05, 3.63) is 41.6 Å². The van der Waals surface area contributed by atoms with Crippen LogP contribution in [0.15, 0.2) is 30.3 Å². The highest BCUT2D eigenvalue weighted by Gasteiger charge is 2.02. The Morgan fingerprint density at radius 3 is 2.75 bits per heavy atom. The molecular weight excluding hydrogens is 359 g/mol. The van der Waals surface area contributed by atoms with E-state index in [2.05, 4.69) is 70.1 Å². The Morgan fingerprint density at radius 1 is 1.10 bits per heavy atom. The first kappa shape index (κ1) is 15.7. The van der Waals surface area contributed by atoms with Gasteiger partial charge in [0, 0.05) is 17.6 Å². The molecule has 0 saturated heterocycles. The van der Waals surface area contributed by atoms with Crippen molar-refractivity contribution < 1.29 is 0 Å². The van der Waals surface area contributed by atoms with E-state index in [0.29, 0.717) is 0 Å². The van der Waals surface area contributed by atoms with Crippen molar-refractivity contribution in [3.63, 3.8) is 0 Å². The summed E-state index contributed by atoms with van der Waals surface area (Å²) in [6, 6.07) is 10.6. The number of nitrogens with one attached hydrogen (secondary N) is 1. The van der Waals surface area contributed by atoms with Crippen LogP contribution in [0.1, 0.15) is 36.9 Å². The first-order valence-electron chi connectivity index (χ1n) is 7.43. The maximum Gasteiger partial charge on any atom is 0.0708 e. The van der Waals surface area contributed by atoms with E-state index < -0.39 is 0 Å². The SMILES string of the molecule is Cc1cc(CNCCCCCCI)c2ccccc2n1. The third kappa shape index (κ3) is 4.70. The quantitative estimate of drug-likeness (QED) is 0.409. The van der Waals surface area contributed by atoms with E-state index in [4.69, 9.17) is 0 Å². The minimum Gasteiger partial charge on any atom is -0.313 e. The standard InChI is InChI=1S/C17H23IN2/c1-14-12-15(13-19-11-7-3-2-6-10-18)16-8-4-5-9-17(16)20-14/h4-5,8-9,12,19H,2-3,6-7,10-11,13H2,1H3. The van der Waals surface area contributed by atoms with Gasteiger partial charge in [0.2, 0.25) is 0 Å². The van der Waals surface area contributed by atoms with Crippen LogP contribution in [0.4, 0.5) is 0 Å². The van der Waals surface area contributed by atoms with Crippen LogP contribution in [-0.2, 0) is 6.54 Å². The molecule has 108 valence electrons. The topological polar surface area (TPSA) is 24.9 Å². The zero-order valence-corrected chi connectivity index (χ0v) is 14.3. The van der Waals surface area contributed by atoms with E-state index in [0.717, 1.165) is 24.3 Å². The average molecular weight is 382 g/mol. The summed E-state index contributed by atoms with van der Waals surface area (Å²) in [5.41, 5.74) is 3.56. The number of aryl methyl sites for hydroxylation is 1. The summed E-state index contributed by atoms with van der Waals surface area (Å²) < 4.78 is 1.29. The number of halogens is 1. The first-order chi connectivity index (χ1) is 9.81. The number of hydrogen-bond acceptors (Lipinski definition) is 2. The Morgan fingerprint density at radius 2 is 1.90 bits per heavy atom. The molecule has 0 atom stereocenters. The van der Waals surface area contributed by atoms with Crippen LogP contribution in [0, 0.1) is 6.92 Å². The van der Waals surface area contributed by atoms with Crippen molar-refractivity contribution in [2.24, 2.45) is 0 Å². The number of nitrogens with zero attached hydrogens (tertiary/aromatic N) is 1. The fraction of sp³-hybridized carbons (Fsp3) is 0.471. The van der Waals surface area contributed by atoms with Crippen molar-refractivity contribution in [2.75, 3.05) is 11.0 Å². The van der Waals surface area contributed by atoms with Gasteiger partial charge in [0.25, 0.3) is 0 Å². The third-order valence-corrected chi connectivity index (χ3v) is 4.25. The molecule has 0 aliphatic carbocycles. The van der Waals surface area contributed by atoms with E-state index in [1.165, 1.54) is 41.1 Å². The molecule has 1 aromatic carbocycles. The van der Waals surface area contributed by atoms with Gasteiger partial charge in [-0.15, -0.1) is 0 Å². The van der Waals surface area contributed by atoms with Crippen LogP contribution < -0.4 is 5.32 Å². The molecule has 20 heavy (non-hydrogen) atoms. The van der Waals surface area contributed by atoms with Crippen LogP contribution in [0.3, 0.4) is 0 Å². The monoisotopic (exact) mass is 382 g/mol. The highest BCUT2D eigenvalue weighted by molar-refractivity contribution is 14.1. The molecule has 0 amide bonds. The van der Waals surface area contributed by atoms with E-state index in [1.54, 1.807) is 0 Å². The second-order valence-corrected chi connectivity index (χ2v) is 6.30. The van der Waals surface area contributed by atoms with Crippen LogP contribution in [-0.4, -0.2) is 16.0 Å². The van der Waals surface area contributed by atoms with Crippen molar-refractivity contribution in [1.82, 2.24) is 10.3 Å². The highest BCUT2D eigenvalue weighted by atomic mass is 127. The molecule has 1 heterocycles. The average Bonchev–Trinajstić information content (AvgIpc) is 2.46. The Balaban J connectivity index is 1.86. The number of para-hydroxylation sites is 1. The zero-order chi connectivity index (χ0) is 14.2. The van der Waals surface area contributed by atoms with E-state index in [-0.39, 0.29) is 0 Å². The fourth-order valence-electron chi connectivity index (χ4n) is 2.46. The van der Waals surface area contributed by atoms with Crippen molar-refractivity contribution >= 4 is 33.5 Å². The number of rotatable bonds is 8. The predicted octanol–water partition coefficient (Wildman–Crippen LogP) is 4.63. The number of alkyl halides is 1. The molecule has 0 aliphatic heterocycles. The maximum absolute atomic E-state index is 4.59. The van der Waals surface area contributed by atoms with E-state index >= 15 is 0 Å². The number of fused-ring (bicyclic) bond motifs is 1. The molecule has 2 nitrogen and oxygen atoms in total. The summed E-state index contributed by atoms with van der Waals surface area (Å²) in [5.74, 6) is 0. The minimum absolute atomic E-state index is 0.941. The zero-order valence-electron chi connectivity index (χ0n) is 12.2. The van der Waals surface area contributed by atoms with Gasteiger partial charge in [0.1, 0.15) is 0 Å². The van der Waals surface area contributed by atoms with Crippen molar-refractivity contribution in [2.45, 2.75) is 39.2 Å². The summed E-state index contributed by atoms with van der Waals surface area (Å²) in [5, 5.41) is 4.84. The van der Waals surface area contributed by atoms with Crippen LogP contribution in [0.2, 0.25) is 0 Å². The number of pyridine rings is 1. The van der Waals surface area contributed by atoms with Crippen LogP contribution in [0.25, 0.3) is 10.9 Å². The molecule has 2 rings (SSSR count). The number of aromatic nitrogens is 1. The predicted molar refractivity (Wildman–Crippen MR) is 95.5 cm³/mol. The lowest BCUT2D eigenvalue weighted by atomic mass is 10.1. The number of benzene rings is 1. The first-order valence-corrected chi connectivity index (χ1v) is 8.96. The molecule has 0 radical (unpaired) electrons. The van der Waals surface area contributed by atoms with E-state index in [1.807, 2.05) is 0 Å². The van der Waals surface area contributed by atoms with Gasteiger partial charge in [-0.3, -0.25) is 4.98 Å². The lowest BCUT2D eigenvalue weighted by Crippen LogP contribution is -2.15. The maximum atomic E-state index is 4.59. The minimum atomic E-state index is 0.941. The third-order valence-electron chi connectivity index (χ3n) is 3.48. The summed E-state index contributed by atoms with van der Waals surface area (Å²) in [6.07, 6.45) is 5.33. The summed E-state index contributed by atoms with van der Waals surface area (Å²) in [7, 11) is 0. The Hall–Kier alpha value is -0.680. The van der Waals surface area contributed by atoms with E-state index in [9.17, 15) is 0 Å². The molecule has 1 aromatic heterocycles. The Labute approximate surface area is 135 Å². The number of unbranched alkanes of at least 4 members (excludes halogenated alkanes) is 3. The molecule has 1 N–H and O–H groups in total. The second-order valence-electron chi connectivity index (χ2n) is 5.22. The molecule has 0 unspecified atom stereocenters. The van der Waals surface area contributed by atoms with Crippen LogP contribution >= 0.6 is 22.6 Å². The Kier molecular flexibility index (Phi) is 6.73. The van der Waals surface area contributed by atoms with Crippen molar-refractivity contribution in [1.29, 1.82) is 0 Å². The highest BCUT2D eigenvalue weighted by Crippen LogP contribution is 2.17. The normalized spacial score (nSPS) is 11.1. The summed E-state index contributed by atoms with van der Waals surface area (Å²) in [6.45, 7) is 4.12. The molecule has 3 heteroatoms. The molecule has 0 aliphatic rings. The second kappa shape index (κ2) is 8.57. The van der Waals surface area contributed by atoms with Gasteiger partial charge in [0.05, 0.1) is 5.52 Å². The lowest BCUT2D eigenvalue weighted by molar-refractivity contribution is 0.601. The molecule has 0 spiro atoms. The molecule has 0 saturated carbocycles. The van der Waals surface area contributed by atoms with Gasteiger partial charge in [-0.25, -0.2) is 0 Å². The van der Waals surface area contributed by atoms with Gasteiger partial charge in [-0.05, 0) is 48.4 Å². The van der Waals surface area contributed by atoms with Crippen LogP contribution in [0.5, 0.6) is 0 Å². The van der Waals surface area contributed by atoms with Gasteiger partial charge < -0.3 is 5.32 Å². The van der Waals surface area contributed by atoms with Gasteiger partial charge >= 0.3 is 0 Å². The van der Waals surface area contributed by atoms with Crippen molar-refractivity contribution in [3.8, 4) is 0 Å². The summed E-state index contributed by atoms with van der Waals surface area (Å²) >= 11 is 2.45. The van der Waals surface area contributed by atoms with Gasteiger partial charge in [0.15, 0.2) is 0 Å². The summed E-state index contributed by atoms with van der Waals surface area (Å²) in [4.78, 5) is 4.59. The molecule has 0 bridgehead atoms. The molecule has 0 fully saturated rings. The molecular formula is C17H23IN2. The fourth-order valence-corrected chi connectivity index (χ4v) is 3.00. The number of hydrogen-bond donors (Lipinski definition) is 1. The van der Waals surface area contributed by atoms with Gasteiger partial charge in [-0.2, -0.15) is 0 Å². The Bertz CT molecular complexity index is 540. The lowest BCUT2D eigenvalue weighted by Gasteiger charge is -2.09. The molecule has 2 aromatic rings. The van der Waals surface area contributed by atoms with Gasteiger partial charge in [-0.1, -0.05) is 53.6 Å². The smallest absolute Gasteiger partial charge is 0.0708 e.